The lowest BCUT2D eigenvalue weighted by Crippen LogP contribution is -2.26. The van der Waals surface area contributed by atoms with E-state index in [-0.39, 0.29) is 21.7 Å². The van der Waals surface area contributed by atoms with Crippen molar-refractivity contribution < 1.29 is 0 Å². The summed E-state index contributed by atoms with van der Waals surface area (Å²) in [5.74, 6) is 0. The molecule has 0 N–H and O–H groups in total. The molecule has 0 fully saturated rings. The van der Waals surface area contributed by atoms with Crippen LogP contribution in [0.4, 0.5) is 34.1 Å². The minimum Gasteiger partial charge on any atom is -0.310 e. The first-order valence-corrected chi connectivity index (χ1v) is 26.5. The maximum atomic E-state index is 2.56. The zero-order valence-corrected chi connectivity index (χ0v) is 43.6. The Bertz CT molecular complexity index is 3790. The summed E-state index contributed by atoms with van der Waals surface area (Å²) in [4.78, 5) is 5.04. The zero-order chi connectivity index (χ0) is 50.6. The largest absolute Gasteiger partial charge is 0.310 e. The van der Waals surface area contributed by atoms with Crippen LogP contribution in [-0.2, 0) is 21.7 Å². The number of nitrogens with zero attached hydrogens (tertiary/aromatic N) is 2. The molecule has 360 valence electrons. The Morgan fingerprint density at radius 2 is 0.703 bits per heavy atom. The SMILES string of the molecule is CC1(C)CC(C)(c2cccc(N(c3ccc(-c4ccccc4)cc3)c3ccc4c(c3)C(C)(C)c3ccccc3-4)c2)c2c(N(c3ccc(-c4ccccc4)cc3)c3ccc4c(c3)C(C)(C)c3ccccc3-4)cccc21. The van der Waals surface area contributed by atoms with E-state index < -0.39 is 0 Å². The highest BCUT2D eigenvalue weighted by molar-refractivity contribution is 5.89. The van der Waals surface area contributed by atoms with Crippen molar-refractivity contribution >= 4 is 34.1 Å². The van der Waals surface area contributed by atoms with Crippen molar-refractivity contribution in [2.75, 3.05) is 9.80 Å². The summed E-state index contributed by atoms with van der Waals surface area (Å²) in [7, 11) is 0. The van der Waals surface area contributed by atoms with Gasteiger partial charge in [0.2, 0.25) is 0 Å². The van der Waals surface area contributed by atoms with Crippen LogP contribution < -0.4 is 9.80 Å². The van der Waals surface area contributed by atoms with E-state index in [1.54, 1.807) is 0 Å². The van der Waals surface area contributed by atoms with Crippen LogP contribution in [0.25, 0.3) is 44.5 Å². The summed E-state index contributed by atoms with van der Waals surface area (Å²) in [6, 6.07) is 88.6. The average molecular weight is 955 g/mol. The van der Waals surface area contributed by atoms with E-state index >= 15 is 0 Å². The van der Waals surface area contributed by atoms with E-state index in [1.807, 2.05) is 0 Å². The molecule has 0 radical (unpaired) electrons. The van der Waals surface area contributed by atoms with Gasteiger partial charge in [-0.25, -0.2) is 0 Å². The van der Waals surface area contributed by atoms with Crippen LogP contribution in [0.3, 0.4) is 0 Å². The van der Waals surface area contributed by atoms with Crippen LogP contribution in [0.2, 0.25) is 0 Å². The first-order chi connectivity index (χ1) is 35.8. The maximum Gasteiger partial charge on any atom is 0.0505 e. The number of benzene rings is 10. The molecule has 1 atom stereocenters. The van der Waals surface area contributed by atoms with E-state index in [4.69, 9.17) is 0 Å². The molecule has 3 aliphatic carbocycles. The summed E-state index contributed by atoms with van der Waals surface area (Å²) >= 11 is 0. The first-order valence-electron chi connectivity index (χ1n) is 26.5. The molecule has 0 bridgehead atoms. The van der Waals surface area contributed by atoms with Gasteiger partial charge in [-0.15, -0.1) is 0 Å². The molecule has 2 heteroatoms. The van der Waals surface area contributed by atoms with Crippen molar-refractivity contribution in [3.63, 3.8) is 0 Å². The van der Waals surface area contributed by atoms with Crippen molar-refractivity contribution in [1.82, 2.24) is 0 Å². The highest BCUT2D eigenvalue weighted by Gasteiger charge is 2.48. The molecule has 0 amide bonds. The number of hydrogen-bond acceptors (Lipinski definition) is 2. The van der Waals surface area contributed by atoms with Crippen LogP contribution in [0, 0.1) is 0 Å². The number of fused-ring (bicyclic) bond motifs is 7. The molecular weight excluding hydrogens is 893 g/mol. The van der Waals surface area contributed by atoms with Gasteiger partial charge < -0.3 is 9.80 Å². The number of rotatable bonds is 9. The van der Waals surface area contributed by atoms with Crippen LogP contribution >= 0.6 is 0 Å². The van der Waals surface area contributed by atoms with Gasteiger partial charge in [-0.05, 0) is 162 Å². The second kappa shape index (κ2) is 16.9. The minimum atomic E-state index is -0.357. The smallest absolute Gasteiger partial charge is 0.0505 e. The van der Waals surface area contributed by atoms with Crippen LogP contribution in [0.1, 0.15) is 93.8 Å². The fourth-order valence-electron chi connectivity index (χ4n) is 13.6. The van der Waals surface area contributed by atoms with E-state index in [2.05, 4.69) is 295 Å². The highest BCUT2D eigenvalue weighted by atomic mass is 15.2. The third-order valence-electron chi connectivity index (χ3n) is 17.2. The van der Waals surface area contributed by atoms with E-state index in [9.17, 15) is 0 Å². The predicted molar refractivity (Wildman–Crippen MR) is 312 cm³/mol. The fraction of sp³-hybridized carbons (Fsp3) is 0.167. The zero-order valence-electron chi connectivity index (χ0n) is 43.6. The van der Waals surface area contributed by atoms with Crippen molar-refractivity contribution in [2.45, 2.75) is 76.5 Å². The van der Waals surface area contributed by atoms with Gasteiger partial charge in [0.15, 0.2) is 0 Å². The van der Waals surface area contributed by atoms with Gasteiger partial charge in [0.25, 0.3) is 0 Å². The summed E-state index contributed by atoms with van der Waals surface area (Å²) in [5, 5.41) is 0. The topological polar surface area (TPSA) is 6.48 Å². The van der Waals surface area contributed by atoms with Crippen LogP contribution in [0.5, 0.6) is 0 Å². The quantitative estimate of drug-likeness (QED) is 0.142. The first kappa shape index (κ1) is 45.6. The molecule has 0 spiro atoms. The Morgan fingerprint density at radius 3 is 1.24 bits per heavy atom. The highest BCUT2D eigenvalue weighted by Crippen LogP contribution is 2.59. The lowest BCUT2D eigenvalue weighted by molar-refractivity contribution is 0.425. The summed E-state index contributed by atoms with van der Waals surface area (Å²) in [6.45, 7) is 16.9. The molecule has 1 unspecified atom stereocenters. The molecule has 13 rings (SSSR count). The van der Waals surface area contributed by atoms with Crippen LogP contribution in [-0.4, -0.2) is 0 Å². The number of anilines is 6. The Balaban J connectivity index is 0.977. The van der Waals surface area contributed by atoms with Crippen molar-refractivity contribution in [2.24, 2.45) is 0 Å². The fourth-order valence-corrected chi connectivity index (χ4v) is 13.6. The Morgan fingerprint density at radius 1 is 0.297 bits per heavy atom. The molecular formula is C72H62N2. The van der Waals surface area contributed by atoms with Crippen LogP contribution in [0.15, 0.2) is 237 Å². The summed E-state index contributed by atoms with van der Waals surface area (Å²) in [6.07, 6.45) is 0.959. The monoisotopic (exact) mass is 954 g/mol. The Kier molecular flexibility index (Phi) is 10.4. The molecule has 0 aromatic heterocycles. The Labute approximate surface area is 438 Å². The van der Waals surface area contributed by atoms with Crippen molar-refractivity contribution in [3.05, 3.63) is 276 Å². The third kappa shape index (κ3) is 7.13. The second-order valence-corrected chi connectivity index (χ2v) is 22.9. The minimum absolute atomic E-state index is 0.103. The van der Waals surface area contributed by atoms with E-state index in [1.165, 1.54) is 89.1 Å². The lowest BCUT2D eigenvalue weighted by atomic mass is 9.74. The average Bonchev–Trinajstić information content (AvgIpc) is 3.91. The molecule has 0 aliphatic heterocycles. The third-order valence-corrected chi connectivity index (χ3v) is 17.2. The molecule has 10 aromatic carbocycles. The van der Waals surface area contributed by atoms with Gasteiger partial charge in [-0.2, -0.15) is 0 Å². The Hall–Kier alpha value is -8.20. The maximum absolute atomic E-state index is 2.56. The van der Waals surface area contributed by atoms with Gasteiger partial charge in [0, 0.05) is 44.7 Å². The summed E-state index contributed by atoms with van der Waals surface area (Å²) < 4.78 is 0. The molecule has 0 heterocycles. The molecule has 74 heavy (non-hydrogen) atoms. The summed E-state index contributed by atoms with van der Waals surface area (Å²) in [5.41, 5.74) is 25.9. The molecule has 10 aromatic rings. The van der Waals surface area contributed by atoms with Gasteiger partial charge in [-0.1, -0.05) is 218 Å². The van der Waals surface area contributed by atoms with E-state index in [0.29, 0.717) is 0 Å². The van der Waals surface area contributed by atoms with Crippen molar-refractivity contribution in [3.8, 4) is 44.5 Å². The number of hydrogen-bond donors (Lipinski definition) is 0. The molecule has 0 saturated carbocycles. The van der Waals surface area contributed by atoms with Crippen molar-refractivity contribution in [1.29, 1.82) is 0 Å². The van der Waals surface area contributed by atoms with Gasteiger partial charge in [0.1, 0.15) is 0 Å². The molecule has 0 saturated heterocycles. The van der Waals surface area contributed by atoms with Gasteiger partial charge in [0.05, 0.1) is 5.69 Å². The van der Waals surface area contributed by atoms with E-state index in [0.717, 1.165) is 34.9 Å². The standard InChI is InChI=1S/C72H62N2/c1-69(2)47-72(7,52-24-18-25-55(44-52)73(53-36-32-50(33-37-53)48-20-10-8-11-21-48)56-40-42-60-58-26-14-16-28-62(58)70(3,4)65(60)45-56)68-64(69)30-19-31-67(68)74(54-38-34-51(35-39-54)49-22-12-9-13-23-49)57-41-43-61-59-27-15-17-29-63(59)71(5,6)66(61)46-57/h8-46H,47H2,1-7H3. The van der Waals surface area contributed by atoms with Gasteiger partial charge >= 0.3 is 0 Å². The molecule has 3 aliphatic rings. The molecule has 2 nitrogen and oxygen atoms in total. The normalized spacial score (nSPS) is 16.9. The van der Waals surface area contributed by atoms with Gasteiger partial charge in [-0.3, -0.25) is 0 Å². The lowest BCUT2D eigenvalue weighted by Gasteiger charge is -2.35. The second-order valence-electron chi connectivity index (χ2n) is 22.9. The predicted octanol–water partition coefficient (Wildman–Crippen LogP) is 19.6.